The molecule has 4 rings (SSSR count). The summed E-state index contributed by atoms with van der Waals surface area (Å²) in [4.78, 5) is 14.2. The highest BCUT2D eigenvalue weighted by atomic mass is 32.1. The molecule has 0 spiro atoms. The van der Waals surface area contributed by atoms with Crippen LogP contribution in [0, 0.1) is 20.8 Å². The van der Waals surface area contributed by atoms with Crippen molar-refractivity contribution in [3.63, 3.8) is 0 Å². The second kappa shape index (κ2) is 8.04. The van der Waals surface area contributed by atoms with Crippen molar-refractivity contribution in [1.82, 2.24) is 20.3 Å². The Hall–Kier alpha value is -3.58. The van der Waals surface area contributed by atoms with Gasteiger partial charge < -0.3 is 5.32 Å². The second-order valence-electron chi connectivity index (χ2n) is 7.21. The summed E-state index contributed by atoms with van der Waals surface area (Å²) in [6.07, 6.45) is 0. The highest BCUT2D eigenvalue weighted by Crippen LogP contribution is 2.22. The first-order valence-corrected chi connectivity index (χ1v) is 9.94. The maximum atomic E-state index is 12.6. The van der Waals surface area contributed by atoms with E-state index < -0.39 is 0 Å². The Bertz CT molecular complexity index is 1260. The van der Waals surface area contributed by atoms with Gasteiger partial charge in [-0.15, -0.1) is 10.2 Å². The number of anilines is 1. The highest BCUT2D eigenvalue weighted by molar-refractivity contribution is 7.80. The van der Waals surface area contributed by atoms with E-state index in [0.717, 1.165) is 39.1 Å². The van der Waals surface area contributed by atoms with Crippen LogP contribution in [0.1, 0.15) is 27.0 Å². The van der Waals surface area contributed by atoms with Crippen molar-refractivity contribution < 1.29 is 4.79 Å². The van der Waals surface area contributed by atoms with Gasteiger partial charge in [0.05, 0.1) is 5.69 Å². The molecule has 0 aliphatic rings. The van der Waals surface area contributed by atoms with Crippen LogP contribution in [-0.2, 0) is 0 Å². The van der Waals surface area contributed by atoms with Gasteiger partial charge in [0, 0.05) is 11.3 Å². The first-order valence-electron chi connectivity index (χ1n) is 9.53. The molecule has 0 aliphatic carbocycles. The van der Waals surface area contributed by atoms with Crippen LogP contribution in [0.5, 0.6) is 0 Å². The largest absolute Gasteiger partial charge is 0.332 e. The maximum absolute atomic E-state index is 12.6. The van der Waals surface area contributed by atoms with Crippen molar-refractivity contribution in [2.75, 3.05) is 5.32 Å². The molecule has 0 saturated heterocycles. The molecule has 0 bridgehead atoms. The summed E-state index contributed by atoms with van der Waals surface area (Å²) in [7, 11) is 0. The number of nitrogens with one attached hydrogen (secondary N) is 2. The quantitative estimate of drug-likeness (QED) is 0.483. The van der Waals surface area contributed by atoms with Gasteiger partial charge in [0.1, 0.15) is 11.0 Å². The molecule has 2 N–H and O–H groups in total. The Morgan fingerprint density at radius 1 is 0.900 bits per heavy atom. The lowest BCUT2D eigenvalue weighted by molar-refractivity contribution is 0.0977. The minimum Gasteiger partial charge on any atom is -0.332 e. The van der Waals surface area contributed by atoms with Crippen LogP contribution in [0.2, 0.25) is 0 Å². The van der Waals surface area contributed by atoms with E-state index in [1.165, 1.54) is 0 Å². The monoisotopic (exact) mass is 415 g/mol. The van der Waals surface area contributed by atoms with Crippen LogP contribution in [0.3, 0.4) is 0 Å². The van der Waals surface area contributed by atoms with E-state index in [1.807, 2.05) is 81.4 Å². The molecule has 30 heavy (non-hydrogen) atoms. The number of hydrogen-bond donors (Lipinski definition) is 2. The Morgan fingerprint density at radius 2 is 1.60 bits per heavy atom. The Morgan fingerprint density at radius 3 is 2.30 bits per heavy atom. The van der Waals surface area contributed by atoms with E-state index in [0.29, 0.717) is 5.56 Å². The number of para-hydroxylation sites is 1. The standard InChI is InChI=1S/C23H21N5OS/c1-14-9-10-18(15(2)11-14)22(29)25-23(30)24-19-13-21-20(12-16(19)3)26-28(27-21)17-7-5-4-6-8-17/h4-13H,1-3H3,(H2,24,25,29,30). The van der Waals surface area contributed by atoms with E-state index >= 15 is 0 Å². The van der Waals surface area contributed by atoms with Crippen LogP contribution in [0.15, 0.2) is 60.7 Å². The fourth-order valence-corrected chi connectivity index (χ4v) is 3.47. The molecular formula is C23H21N5OS. The number of nitrogens with zero attached hydrogens (tertiary/aromatic N) is 3. The third kappa shape index (κ3) is 4.06. The summed E-state index contributed by atoms with van der Waals surface area (Å²) in [5.41, 5.74) is 6.74. The molecule has 0 radical (unpaired) electrons. The summed E-state index contributed by atoms with van der Waals surface area (Å²) in [6, 6.07) is 19.2. The van der Waals surface area contributed by atoms with E-state index in [9.17, 15) is 4.79 Å². The third-order valence-electron chi connectivity index (χ3n) is 4.82. The van der Waals surface area contributed by atoms with Gasteiger partial charge in [-0.05, 0) is 74.4 Å². The Kier molecular flexibility index (Phi) is 5.29. The smallest absolute Gasteiger partial charge is 0.257 e. The molecule has 6 nitrogen and oxygen atoms in total. The van der Waals surface area contributed by atoms with Crippen LogP contribution in [-0.4, -0.2) is 26.0 Å². The van der Waals surface area contributed by atoms with Gasteiger partial charge >= 0.3 is 0 Å². The van der Waals surface area contributed by atoms with Gasteiger partial charge in [-0.1, -0.05) is 35.9 Å². The first kappa shape index (κ1) is 19.7. The van der Waals surface area contributed by atoms with Crippen LogP contribution in [0.25, 0.3) is 16.7 Å². The van der Waals surface area contributed by atoms with E-state index in [-0.39, 0.29) is 11.0 Å². The molecule has 3 aromatic carbocycles. The van der Waals surface area contributed by atoms with E-state index in [4.69, 9.17) is 12.2 Å². The lowest BCUT2D eigenvalue weighted by Crippen LogP contribution is -2.34. The number of amides is 1. The third-order valence-corrected chi connectivity index (χ3v) is 5.02. The number of thiocarbonyl (C=S) groups is 1. The normalized spacial score (nSPS) is 10.8. The maximum Gasteiger partial charge on any atom is 0.257 e. The van der Waals surface area contributed by atoms with Crippen LogP contribution < -0.4 is 10.6 Å². The van der Waals surface area contributed by atoms with E-state index in [1.54, 1.807) is 4.80 Å². The average molecular weight is 416 g/mol. The predicted octanol–water partition coefficient (Wildman–Crippen LogP) is 4.47. The number of aryl methyl sites for hydroxylation is 3. The molecule has 0 fully saturated rings. The van der Waals surface area contributed by atoms with Crippen molar-refractivity contribution >= 4 is 40.0 Å². The minimum absolute atomic E-state index is 0.234. The number of rotatable bonds is 3. The molecule has 1 aromatic heterocycles. The van der Waals surface area contributed by atoms with Crippen molar-refractivity contribution in [3.8, 4) is 5.69 Å². The van der Waals surface area contributed by atoms with Gasteiger partial charge in [0.2, 0.25) is 0 Å². The molecule has 7 heteroatoms. The Balaban J connectivity index is 1.53. The predicted molar refractivity (Wildman–Crippen MR) is 123 cm³/mol. The van der Waals surface area contributed by atoms with Crippen LogP contribution in [0.4, 0.5) is 5.69 Å². The van der Waals surface area contributed by atoms with Gasteiger partial charge in [-0.3, -0.25) is 10.1 Å². The number of benzene rings is 3. The fraction of sp³-hybridized carbons (Fsp3) is 0.130. The molecule has 0 saturated carbocycles. The summed E-state index contributed by atoms with van der Waals surface area (Å²) < 4.78 is 0. The zero-order chi connectivity index (χ0) is 21.3. The minimum atomic E-state index is -0.237. The average Bonchev–Trinajstić information content (AvgIpc) is 3.11. The number of carbonyl (C=O) groups is 1. The number of hydrogen-bond acceptors (Lipinski definition) is 4. The van der Waals surface area contributed by atoms with E-state index in [2.05, 4.69) is 20.8 Å². The number of carbonyl (C=O) groups excluding carboxylic acids is 1. The first-order chi connectivity index (χ1) is 14.4. The molecule has 150 valence electrons. The summed E-state index contributed by atoms with van der Waals surface area (Å²) in [6.45, 7) is 5.86. The molecule has 1 amide bonds. The highest BCUT2D eigenvalue weighted by Gasteiger charge is 2.13. The van der Waals surface area contributed by atoms with Crippen molar-refractivity contribution in [2.24, 2.45) is 0 Å². The van der Waals surface area contributed by atoms with Crippen molar-refractivity contribution in [2.45, 2.75) is 20.8 Å². The van der Waals surface area contributed by atoms with Crippen molar-refractivity contribution in [1.29, 1.82) is 0 Å². The van der Waals surface area contributed by atoms with Gasteiger partial charge in [-0.2, -0.15) is 4.80 Å². The molecule has 0 aliphatic heterocycles. The molecule has 1 heterocycles. The Labute approximate surface area is 179 Å². The summed E-state index contributed by atoms with van der Waals surface area (Å²) in [5.74, 6) is -0.237. The van der Waals surface area contributed by atoms with Crippen molar-refractivity contribution in [3.05, 3.63) is 82.9 Å². The summed E-state index contributed by atoms with van der Waals surface area (Å²) >= 11 is 5.36. The summed E-state index contributed by atoms with van der Waals surface area (Å²) in [5, 5.41) is 15.2. The number of aromatic nitrogens is 3. The van der Waals surface area contributed by atoms with Crippen LogP contribution >= 0.6 is 12.2 Å². The molecule has 0 atom stereocenters. The molecule has 0 unspecified atom stereocenters. The zero-order valence-electron chi connectivity index (χ0n) is 16.9. The SMILES string of the molecule is Cc1ccc(C(=O)NC(=S)Nc2cc3nn(-c4ccccc4)nc3cc2C)c(C)c1. The van der Waals surface area contributed by atoms with Gasteiger partial charge in [0.25, 0.3) is 5.91 Å². The topological polar surface area (TPSA) is 71.8 Å². The number of fused-ring (bicyclic) bond motifs is 1. The molecular weight excluding hydrogens is 394 g/mol. The van der Waals surface area contributed by atoms with Gasteiger partial charge in [-0.25, -0.2) is 0 Å². The lowest BCUT2D eigenvalue weighted by Gasteiger charge is -2.12. The lowest BCUT2D eigenvalue weighted by atomic mass is 10.1. The fourth-order valence-electron chi connectivity index (χ4n) is 3.27. The second-order valence-corrected chi connectivity index (χ2v) is 7.62. The van der Waals surface area contributed by atoms with Gasteiger partial charge in [0.15, 0.2) is 5.11 Å². The zero-order valence-corrected chi connectivity index (χ0v) is 17.7. The molecule has 4 aromatic rings.